The number of benzene rings is 2. The molecule has 0 radical (unpaired) electrons. The zero-order chi connectivity index (χ0) is 16.7. The SMILES string of the molecule is NS(=O)(=O)c1ccc(-c2c(-c3ccccc3)sc3ncnn23)cc1. The van der Waals surface area contributed by atoms with E-state index < -0.39 is 10.0 Å². The highest BCUT2D eigenvalue weighted by molar-refractivity contribution is 7.89. The molecule has 2 N–H and O–H groups in total. The van der Waals surface area contributed by atoms with Crippen molar-refractivity contribution in [3.05, 3.63) is 60.9 Å². The summed E-state index contributed by atoms with van der Waals surface area (Å²) in [6.45, 7) is 0. The van der Waals surface area contributed by atoms with Gasteiger partial charge in [-0.25, -0.2) is 23.1 Å². The topological polar surface area (TPSA) is 90.4 Å². The standard InChI is InChI=1S/C16H12N4O2S2/c17-24(21,22)13-8-6-11(7-9-13)14-15(12-4-2-1-3-5-12)23-16-18-10-19-20(14)16/h1-10H,(H2,17,21,22). The Morgan fingerprint density at radius 1 is 0.958 bits per heavy atom. The van der Waals surface area contributed by atoms with Crippen molar-refractivity contribution < 1.29 is 8.42 Å². The lowest BCUT2D eigenvalue weighted by Crippen LogP contribution is -2.11. The summed E-state index contributed by atoms with van der Waals surface area (Å²) >= 11 is 1.53. The van der Waals surface area contributed by atoms with Crippen molar-refractivity contribution in [3.63, 3.8) is 0 Å². The fourth-order valence-electron chi connectivity index (χ4n) is 2.53. The third-order valence-electron chi connectivity index (χ3n) is 3.63. The van der Waals surface area contributed by atoms with E-state index in [1.165, 1.54) is 29.8 Å². The van der Waals surface area contributed by atoms with E-state index in [0.717, 1.165) is 26.7 Å². The summed E-state index contributed by atoms with van der Waals surface area (Å²) in [6, 6.07) is 16.4. The Morgan fingerprint density at radius 3 is 2.33 bits per heavy atom. The molecule has 0 saturated carbocycles. The second-order valence-corrected chi connectivity index (χ2v) is 7.71. The Labute approximate surface area is 142 Å². The van der Waals surface area contributed by atoms with Crippen LogP contribution in [0.1, 0.15) is 0 Å². The van der Waals surface area contributed by atoms with Gasteiger partial charge in [0, 0.05) is 5.56 Å². The van der Waals surface area contributed by atoms with Crippen molar-refractivity contribution in [2.45, 2.75) is 4.90 Å². The molecule has 0 fully saturated rings. The summed E-state index contributed by atoms with van der Waals surface area (Å²) in [5, 5.41) is 9.45. The van der Waals surface area contributed by atoms with Crippen LogP contribution < -0.4 is 5.14 Å². The van der Waals surface area contributed by atoms with Gasteiger partial charge in [0.25, 0.3) is 0 Å². The van der Waals surface area contributed by atoms with Gasteiger partial charge in [-0.2, -0.15) is 5.10 Å². The molecular formula is C16H12N4O2S2. The highest BCUT2D eigenvalue weighted by Crippen LogP contribution is 2.38. The molecule has 4 aromatic rings. The quantitative estimate of drug-likeness (QED) is 0.611. The number of nitrogens with zero attached hydrogens (tertiary/aromatic N) is 3. The number of thiazole rings is 1. The summed E-state index contributed by atoms with van der Waals surface area (Å²) in [6.07, 6.45) is 1.50. The average molecular weight is 356 g/mol. The highest BCUT2D eigenvalue weighted by atomic mass is 32.2. The van der Waals surface area contributed by atoms with E-state index in [9.17, 15) is 8.42 Å². The monoisotopic (exact) mass is 356 g/mol. The molecule has 8 heteroatoms. The fourth-order valence-corrected chi connectivity index (χ4v) is 4.11. The van der Waals surface area contributed by atoms with E-state index in [1.54, 1.807) is 16.6 Å². The molecule has 0 atom stereocenters. The molecule has 0 amide bonds. The maximum absolute atomic E-state index is 11.4. The number of hydrogen-bond acceptors (Lipinski definition) is 5. The summed E-state index contributed by atoms with van der Waals surface area (Å²) in [5.41, 5.74) is 2.78. The number of fused-ring (bicyclic) bond motifs is 1. The first-order valence-electron chi connectivity index (χ1n) is 7.05. The zero-order valence-electron chi connectivity index (χ0n) is 12.3. The molecule has 0 bridgehead atoms. The van der Waals surface area contributed by atoms with Crippen molar-refractivity contribution in [1.82, 2.24) is 14.6 Å². The molecule has 24 heavy (non-hydrogen) atoms. The Balaban J connectivity index is 1.94. The lowest BCUT2D eigenvalue weighted by Gasteiger charge is -2.06. The van der Waals surface area contributed by atoms with Gasteiger partial charge in [0.2, 0.25) is 15.0 Å². The third kappa shape index (κ3) is 2.50. The summed E-state index contributed by atoms with van der Waals surface area (Å²) in [7, 11) is -3.71. The smallest absolute Gasteiger partial charge is 0.225 e. The van der Waals surface area contributed by atoms with Crippen LogP contribution in [0.15, 0.2) is 65.8 Å². The second-order valence-electron chi connectivity index (χ2n) is 5.17. The van der Waals surface area contributed by atoms with Gasteiger partial charge < -0.3 is 0 Å². The predicted molar refractivity (Wildman–Crippen MR) is 93.1 cm³/mol. The Bertz CT molecular complexity index is 1110. The van der Waals surface area contributed by atoms with Crippen molar-refractivity contribution in [2.24, 2.45) is 5.14 Å². The molecular weight excluding hydrogens is 344 g/mol. The molecule has 0 saturated heterocycles. The lowest BCUT2D eigenvalue weighted by atomic mass is 10.1. The molecule has 2 aromatic heterocycles. The van der Waals surface area contributed by atoms with Gasteiger partial charge in [-0.1, -0.05) is 53.8 Å². The number of rotatable bonds is 3. The molecule has 0 spiro atoms. The predicted octanol–water partition coefficient (Wildman–Crippen LogP) is 2.77. The molecule has 2 aromatic carbocycles. The van der Waals surface area contributed by atoms with Gasteiger partial charge in [0.1, 0.15) is 6.33 Å². The molecule has 4 rings (SSSR count). The number of sulfonamides is 1. The van der Waals surface area contributed by atoms with Crippen LogP contribution in [-0.4, -0.2) is 23.0 Å². The lowest BCUT2D eigenvalue weighted by molar-refractivity contribution is 0.598. The first-order chi connectivity index (χ1) is 11.5. The molecule has 120 valence electrons. The minimum atomic E-state index is -3.71. The van der Waals surface area contributed by atoms with Gasteiger partial charge in [-0.3, -0.25) is 0 Å². The van der Waals surface area contributed by atoms with E-state index in [0.29, 0.717) is 0 Å². The summed E-state index contributed by atoms with van der Waals surface area (Å²) < 4.78 is 24.6. The number of nitrogens with two attached hydrogens (primary N) is 1. The number of aromatic nitrogens is 3. The molecule has 2 heterocycles. The molecule has 0 aliphatic carbocycles. The van der Waals surface area contributed by atoms with Gasteiger partial charge in [-0.05, 0) is 17.7 Å². The van der Waals surface area contributed by atoms with Crippen LogP contribution in [0.2, 0.25) is 0 Å². The first kappa shape index (κ1) is 15.0. The fraction of sp³-hybridized carbons (Fsp3) is 0. The normalized spacial score (nSPS) is 11.9. The van der Waals surface area contributed by atoms with Crippen molar-refractivity contribution in [3.8, 4) is 21.7 Å². The molecule has 0 aliphatic heterocycles. The largest absolute Gasteiger partial charge is 0.238 e. The van der Waals surface area contributed by atoms with Crippen molar-refractivity contribution >= 4 is 26.3 Å². The molecule has 0 aliphatic rings. The van der Waals surface area contributed by atoms with Crippen LogP contribution in [0.25, 0.3) is 26.7 Å². The van der Waals surface area contributed by atoms with Gasteiger partial charge in [0.15, 0.2) is 0 Å². The van der Waals surface area contributed by atoms with E-state index in [1.807, 2.05) is 30.3 Å². The van der Waals surface area contributed by atoms with E-state index in [-0.39, 0.29) is 4.90 Å². The van der Waals surface area contributed by atoms with Crippen LogP contribution in [0.4, 0.5) is 0 Å². The number of primary sulfonamides is 1. The van der Waals surface area contributed by atoms with Crippen LogP contribution in [-0.2, 0) is 10.0 Å². The van der Waals surface area contributed by atoms with Crippen molar-refractivity contribution in [1.29, 1.82) is 0 Å². The van der Waals surface area contributed by atoms with E-state index >= 15 is 0 Å². The van der Waals surface area contributed by atoms with E-state index in [2.05, 4.69) is 10.1 Å². The van der Waals surface area contributed by atoms with Crippen LogP contribution in [0.5, 0.6) is 0 Å². The minimum absolute atomic E-state index is 0.0811. The maximum Gasteiger partial charge on any atom is 0.238 e. The van der Waals surface area contributed by atoms with Crippen LogP contribution in [0.3, 0.4) is 0 Å². The molecule has 0 unspecified atom stereocenters. The average Bonchev–Trinajstić information content (AvgIpc) is 3.15. The van der Waals surface area contributed by atoms with Crippen LogP contribution >= 0.6 is 11.3 Å². The summed E-state index contributed by atoms with van der Waals surface area (Å²) in [4.78, 5) is 6.14. The number of hydrogen-bond donors (Lipinski definition) is 1. The maximum atomic E-state index is 11.4. The Hall–Kier alpha value is -2.55. The minimum Gasteiger partial charge on any atom is -0.225 e. The highest BCUT2D eigenvalue weighted by Gasteiger charge is 2.18. The van der Waals surface area contributed by atoms with Crippen molar-refractivity contribution in [2.75, 3.05) is 0 Å². The van der Waals surface area contributed by atoms with Gasteiger partial charge in [-0.15, -0.1) is 0 Å². The van der Waals surface area contributed by atoms with Gasteiger partial charge in [0.05, 0.1) is 15.5 Å². The second kappa shape index (κ2) is 5.52. The van der Waals surface area contributed by atoms with Crippen LogP contribution in [0, 0.1) is 0 Å². The first-order valence-corrected chi connectivity index (χ1v) is 9.41. The summed E-state index contributed by atoms with van der Waals surface area (Å²) in [5.74, 6) is 0. The van der Waals surface area contributed by atoms with Gasteiger partial charge >= 0.3 is 0 Å². The van der Waals surface area contributed by atoms with E-state index in [4.69, 9.17) is 5.14 Å². The molecule has 6 nitrogen and oxygen atoms in total. The third-order valence-corrected chi connectivity index (χ3v) is 5.65. The Kier molecular flexibility index (Phi) is 3.45. The zero-order valence-corrected chi connectivity index (χ0v) is 14.0. The Morgan fingerprint density at radius 2 is 1.67 bits per heavy atom.